The Kier molecular flexibility index (Phi) is 5.40. The Morgan fingerprint density at radius 3 is 2.55 bits per heavy atom. The number of nitrogens with zero attached hydrogens (tertiary/aromatic N) is 1. The lowest BCUT2D eigenvalue weighted by atomic mass is 9.65. The SMILES string of the molecule is CCC(C)(C)C1CCC2(CC1)NC(=O)N(CC(=O)c1ccc3c(c1)CCC(=O)N3)C2=O. The molecular weight excluding hydrogens is 394 g/mol. The standard InChI is InChI=1S/C24H31N3O4/c1-4-23(2,3)17-9-11-24(12-10-17)21(30)27(22(31)26-24)14-19(28)16-5-7-18-15(13-16)6-8-20(29)25-18/h5,7,13,17H,4,6,8-12,14H2,1-3H3,(H,25,29)(H,26,31). The highest BCUT2D eigenvalue weighted by atomic mass is 16.2. The van der Waals surface area contributed by atoms with Gasteiger partial charge in [0, 0.05) is 17.7 Å². The molecule has 1 saturated heterocycles. The van der Waals surface area contributed by atoms with Crippen molar-refractivity contribution in [1.82, 2.24) is 10.2 Å². The largest absolute Gasteiger partial charge is 0.326 e. The highest BCUT2D eigenvalue weighted by Crippen LogP contribution is 2.45. The molecule has 2 fully saturated rings. The Morgan fingerprint density at radius 1 is 1.16 bits per heavy atom. The second-order valence-corrected chi connectivity index (χ2v) is 9.86. The molecule has 1 aromatic carbocycles. The highest BCUT2D eigenvalue weighted by molar-refractivity contribution is 6.11. The molecule has 4 amide bonds. The van der Waals surface area contributed by atoms with Crippen molar-refractivity contribution in [3.8, 4) is 0 Å². The van der Waals surface area contributed by atoms with Gasteiger partial charge in [-0.3, -0.25) is 19.3 Å². The van der Waals surface area contributed by atoms with E-state index in [1.807, 2.05) is 0 Å². The van der Waals surface area contributed by atoms with Crippen LogP contribution in [0.3, 0.4) is 0 Å². The van der Waals surface area contributed by atoms with Crippen molar-refractivity contribution in [3.63, 3.8) is 0 Å². The molecule has 3 aliphatic rings. The zero-order valence-electron chi connectivity index (χ0n) is 18.5. The molecule has 166 valence electrons. The molecule has 0 bridgehead atoms. The van der Waals surface area contributed by atoms with Crippen LogP contribution >= 0.6 is 0 Å². The third-order valence-electron chi connectivity index (χ3n) is 7.73. The van der Waals surface area contributed by atoms with E-state index in [2.05, 4.69) is 31.4 Å². The third kappa shape index (κ3) is 3.86. The summed E-state index contributed by atoms with van der Waals surface area (Å²) in [5.41, 5.74) is 1.42. The predicted octanol–water partition coefficient (Wildman–Crippen LogP) is 3.67. The average Bonchev–Trinajstić information content (AvgIpc) is 2.97. The van der Waals surface area contributed by atoms with E-state index >= 15 is 0 Å². The summed E-state index contributed by atoms with van der Waals surface area (Å²) >= 11 is 0. The number of amides is 4. The number of Topliss-reactive ketones (excluding diaryl/α,β-unsaturated/α-hetero) is 1. The van der Waals surface area contributed by atoms with Gasteiger partial charge in [0.25, 0.3) is 5.91 Å². The van der Waals surface area contributed by atoms with Crippen LogP contribution in [0.5, 0.6) is 0 Å². The molecular formula is C24H31N3O4. The molecule has 0 unspecified atom stereocenters. The molecule has 4 rings (SSSR count). The normalized spacial score (nSPS) is 26.0. The van der Waals surface area contributed by atoms with Crippen LogP contribution in [-0.4, -0.2) is 40.6 Å². The topological polar surface area (TPSA) is 95.6 Å². The number of aryl methyl sites for hydroxylation is 1. The van der Waals surface area contributed by atoms with Gasteiger partial charge in [0.05, 0.1) is 6.54 Å². The van der Waals surface area contributed by atoms with Crippen molar-refractivity contribution >= 4 is 29.3 Å². The summed E-state index contributed by atoms with van der Waals surface area (Å²) in [5.74, 6) is -0.0577. The first-order valence-corrected chi connectivity index (χ1v) is 11.3. The lowest BCUT2D eigenvalue weighted by Crippen LogP contribution is -2.51. The van der Waals surface area contributed by atoms with E-state index in [1.165, 1.54) is 0 Å². The lowest BCUT2D eigenvalue weighted by molar-refractivity contribution is -0.132. The summed E-state index contributed by atoms with van der Waals surface area (Å²) in [5, 5.41) is 5.70. The summed E-state index contributed by atoms with van der Waals surface area (Å²) in [4.78, 5) is 51.3. The van der Waals surface area contributed by atoms with Crippen LogP contribution < -0.4 is 10.6 Å². The molecule has 7 nitrogen and oxygen atoms in total. The predicted molar refractivity (Wildman–Crippen MR) is 117 cm³/mol. The van der Waals surface area contributed by atoms with Gasteiger partial charge in [-0.2, -0.15) is 0 Å². The maximum atomic E-state index is 13.2. The summed E-state index contributed by atoms with van der Waals surface area (Å²) in [6.07, 6.45) is 5.07. The fraction of sp³-hybridized carbons (Fsp3) is 0.583. The van der Waals surface area contributed by atoms with Crippen LogP contribution in [0.2, 0.25) is 0 Å². The number of fused-ring (bicyclic) bond motifs is 1. The number of anilines is 1. The Morgan fingerprint density at radius 2 is 1.87 bits per heavy atom. The van der Waals surface area contributed by atoms with Gasteiger partial charge in [-0.1, -0.05) is 27.2 Å². The van der Waals surface area contributed by atoms with E-state index < -0.39 is 11.6 Å². The van der Waals surface area contributed by atoms with Gasteiger partial charge >= 0.3 is 6.03 Å². The van der Waals surface area contributed by atoms with Crippen LogP contribution in [0.1, 0.15) is 75.2 Å². The molecule has 2 N–H and O–H groups in total. The Labute approximate surface area is 182 Å². The second-order valence-electron chi connectivity index (χ2n) is 9.86. The van der Waals surface area contributed by atoms with Crippen molar-refractivity contribution in [1.29, 1.82) is 0 Å². The summed E-state index contributed by atoms with van der Waals surface area (Å²) < 4.78 is 0. The van der Waals surface area contributed by atoms with Crippen molar-refractivity contribution < 1.29 is 19.2 Å². The number of hydrogen-bond acceptors (Lipinski definition) is 4. The molecule has 1 aliphatic carbocycles. The zero-order valence-corrected chi connectivity index (χ0v) is 18.5. The Balaban J connectivity index is 1.44. The molecule has 0 aromatic heterocycles. The molecule has 0 radical (unpaired) electrons. The Bertz CT molecular complexity index is 944. The van der Waals surface area contributed by atoms with Gasteiger partial charge in [-0.25, -0.2) is 4.79 Å². The van der Waals surface area contributed by atoms with Gasteiger partial charge in [0.15, 0.2) is 5.78 Å². The smallest absolute Gasteiger partial charge is 0.325 e. The maximum Gasteiger partial charge on any atom is 0.325 e. The highest BCUT2D eigenvalue weighted by Gasteiger charge is 2.53. The molecule has 31 heavy (non-hydrogen) atoms. The minimum Gasteiger partial charge on any atom is -0.326 e. The first kappa shape index (κ1) is 21.5. The molecule has 2 heterocycles. The maximum absolute atomic E-state index is 13.2. The summed E-state index contributed by atoms with van der Waals surface area (Å²) in [6, 6.07) is 4.63. The number of ketones is 1. The van der Waals surface area contributed by atoms with E-state index in [4.69, 9.17) is 0 Å². The van der Waals surface area contributed by atoms with Crippen molar-refractivity contribution in [2.45, 2.75) is 71.3 Å². The molecule has 7 heteroatoms. The minimum atomic E-state index is -0.863. The lowest BCUT2D eigenvalue weighted by Gasteiger charge is -2.42. The summed E-state index contributed by atoms with van der Waals surface area (Å²) in [6.45, 7) is 6.45. The first-order valence-electron chi connectivity index (χ1n) is 11.3. The van der Waals surface area contributed by atoms with Gasteiger partial charge in [-0.15, -0.1) is 0 Å². The third-order valence-corrected chi connectivity index (χ3v) is 7.73. The Hall–Kier alpha value is -2.70. The van der Waals surface area contributed by atoms with Crippen LogP contribution in [0, 0.1) is 11.3 Å². The fourth-order valence-corrected chi connectivity index (χ4v) is 5.13. The van der Waals surface area contributed by atoms with Crippen LogP contribution in [0.15, 0.2) is 18.2 Å². The quantitative estimate of drug-likeness (QED) is 0.556. The minimum absolute atomic E-state index is 0.0340. The number of nitrogens with one attached hydrogen (secondary N) is 2. The van der Waals surface area contributed by atoms with Crippen molar-refractivity contribution in [3.05, 3.63) is 29.3 Å². The van der Waals surface area contributed by atoms with E-state index in [9.17, 15) is 19.2 Å². The molecule has 0 atom stereocenters. The fourth-order valence-electron chi connectivity index (χ4n) is 5.13. The number of carbonyl (C=O) groups excluding carboxylic acids is 4. The number of hydrogen-bond donors (Lipinski definition) is 2. The molecule has 1 saturated carbocycles. The van der Waals surface area contributed by atoms with Crippen LogP contribution in [0.25, 0.3) is 0 Å². The van der Waals surface area contributed by atoms with Crippen LogP contribution in [-0.2, 0) is 16.0 Å². The van der Waals surface area contributed by atoms with Gasteiger partial charge < -0.3 is 10.6 Å². The second kappa shape index (κ2) is 7.77. The molecule has 1 aromatic rings. The zero-order chi connectivity index (χ0) is 22.4. The van der Waals surface area contributed by atoms with Gasteiger partial charge in [0.2, 0.25) is 5.91 Å². The summed E-state index contributed by atoms with van der Waals surface area (Å²) in [7, 11) is 0. The number of urea groups is 1. The van der Waals surface area contributed by atoms with E-state index in [-0.39, 0.29) is 29.6 Å². The number of carbonyl (C=O) groups is 4. The van der Waals surface area contributed by atoms with Gasteiger partial charge in [-0.05, 0) is 67.2 Å². The van der Waals surface area contributed by atoms with E-state index in [1.54, 1.807) is 18.2 Å². The molecule has 1 spiro atoms. The van der Waals surface area contributed by atoms with E-state index in [0.717, 1.165) is 29.7 Å². The van der Waals surface area contributed by atoms with Crippen molar-refractivity contribution in [2.75, 3.05) is 11.9 Å². The number of rotatable bonds is 5. The monoisotopic (exact) mass is 425 g/mol. The first-order chi connectivity index (χ1) is 14.6. The van der Waals surface area contributed by atoms with Gasteiger partial charge in [0.1, 0.15) is 5.54 Å². The molecule has 2 aliphatic heterocycles. The van der Waals surface area contributed by atoms with Crippen LogP contribution in [0.4, 0.5) is 10.5 Å². The number of imide groups is 1. The number of benzene rings is 1. The average molecular weight is 426 g/mol. The van der Waals surface area contributed by atoms with E-state index in [0.29, 0.717) is 42.9 Å². The van der Waals surface area contributed by atoms with Crippen molar-refractivity contribution in [2.24, 2.45) is 11.3 Å².